The number of nitro benzene ring substituents is 1. The van der Waals surface area contributed by atoms with Crippen molar-refractivity contribution in [1.82, 2.24) is 10.2 Å². The van der Waals surface area contributed by atoms with Crippen molar-refractivity contribution >= 4 is 24.0 Å². The van der Waals surface area contributed by atoms with E-state index in [0.717, 1.165) is 31.5 Å². The highest BCUT2D eigenvalue weighted by Gasteiger charge is 2.27. The van der Waals surface area contributed by atoms with Crippen LogP contribution < -0.4 is 19.5 Å². The van der Waals surface area contributed by atoms with Crippen molar-refractivity contribution < 1.29 is 23.9 Å². The number of hydrogen-bond donors (Lipinski definition) is 1. The van der Waals surface area contributed by atoms with Crippen LogP contribution in [0.1, 0.15) is 22.3 Å². The van der Waals surface area contributed by atoms with Gasteiger partial charge < -0.3 is 24.4 Å². The first-order valence-electron chi connectivity index (χ1n) is 9.65. The van der Waals surface area contributed by atoms with E-state index in [1.54, 1.807) is 19.1 Å². The minimum Gasteiger partial charge on any atom is -0.493 e. The van der Waals surface area contributed by atoms with Crippen molar-refractivity contribution in [2.75, 3.05) is 40.6 Å². The van der Waals surface area contributed by atoms with E-state index in [1.165, 1.54) is 18.2 Å². The summed E-state index contributed by atoms with van der Waals surface area (Å²) in [6.45, 7) is 2.17. The molecule has 0 radical (unpaired) electrons. The van der Waals surface area contributed by atoms with E-state index in [1.807, 2.05) is 18.2 Å². The van der Waals surface area contributed by atoms with E-state index < -0.39 is 4.92 Å². The van der Waals surface area contributed by atoms with E-state index in [2.05, 4.69) is 5.32 Å². The van der Waals surface area contributed by atoms with Gasteiger partial charge >= 0.3 is 0 Å². The maximum atomic E-state index is 12.6. The van der Waals surface area contributed by atoms with Crippen LogP contribution in [0.4, 0.5) is 5.69 Å². The third-order valence-corrected chi connectivity index (χ3v) is 4.89. The summed E-state index contributed by atoms with van der Waals surface area (Å²) in [5, 5.41) is 14.3. The molecule has 3 rings (SSSR count). The lowest BCUT2D eigenvalue weighted by Crippen LogP contribution is -2.40. The molecule has 0 aromatic heterocycles. The van der Waals surface area contributed by atoms with Crippen LogP contribution in [0.3, 0.4) is 0 Å². The van der Waals surface area contributed by atoms with Crippen LogP contribution in [0.2, 0.25) is 0 Å². The molecule has 0 bridgehead atoms. The van der Waals surface area contributed by atoms with Crippen LogP contribution in [0.15, 0.2) is 36.4 Å². The molecule has 0 spiro atoms. The first-order valence-corrected chi connectivity index (χ1v) is 9.65. The Labute approximate surface area is 186 Å². The van der Waals surface area contributed by atoms with Crippen LogP contribution in [0, 0.1) is 10.1 Å². The second kappa shape index (κ2) is 11.4. The highest BCUT2D eigenvalue weighted by atomic mass is 35.5. The molecule has 1 heterocycles. The summed E-state index contributed by atoms with van der Waals surface area (Å²) in [7, 11) is 3.22. The molecule has 0 unspecified atom stereocenters. The Morgan fingerprint density at radius 1 is 1.13 bits per heavy atom. The number of non-ortho nitro benzene ring substituents is 1. The summed E-state index contributed by atoms with van der Waals surface area (Å²) < 4.78 is 16.1. The van der Waals surface area contributed by atoms with Gasteiger partial charge in [-0.15, -0.1) is 12.4 Å². The van der Waals surface area contributed by atoms with Gasteiger partial charge in [0.05, 0.1) is 24.7 Å². The van der Waals surface area contributed by atoms with Gasteiger partial charge in [0.1, 0.15) is 5.75 Å². The van der Waals surface area contributed by atoms with Gasteiger partial charge in [-0.05, 0) is 49.7 Å². The minimum atomic E-state index is -0.519. The summed E-state index contributed by atoms with van der Waals surface area (Å²) in [4.78, 5) is 24.6. The largest absolute Gasteiger partial charge is 0.493 e. The van der Waals surface area contributed by atoms with Crippen LogP contribution >= 0.6 is 12.4 Å². The molecule has 1 aliphatic rings. The van der Waals surface area contributed by atoms with E-state index >= 15 is 0 Å². The number of nitrogens with one attached hydrogen (secondary N) is 1. The molecule has 0 fully saturated rings. The fraction of sp³-hybridized carbons (Fsp3) is 0.381. The smallest absolute Gasteiger partial charge is 0.270 e. The normalized spacial score (nSPS) is 12.5. The average Bonchev–Trinajstić information content (AvgIpc) is 2.77. The predicted molar refractivity (Wildman–Crippen MR) is 118 cm³/mol. The number of carbonyl (C=O) groups is 1. The Morgan fingerprint density at radius 3 is 2.61 bits per heavy atom. The van der Waals surface area contributed by atoms with Crippen LogP contribution in [-0.4, -0.2) is 56.3 Å². The Morgan fingerprint density at radius 2 is 1.90 bits per heavy atom. The third kappa shape index (κ3) is 5.99. The third-order valence-electron chi connectivity index (χ3n) is 4.89. The SMILES string of the molecule is COc1ccc(CCNCCCN2COc3ccc([N+](=O)[O-])cc3C2=O)cc1OC.Cl. The number of ether oxygens (including phenoxy) is 3. The van der Waals surface area contributed by atoms with Crippen LogP contribution in [0.25, 0.3) is 0 Å². The lowest BCUT2D eigenvalue weighted by molar-refractivity contribution is -0.384. The first kappa shape index (κ1) is 24.2. The topological polar surface area (TPSA) is 103 Å². The van der Waals surface area contributed by atoms with Gasteiger partial charge in [0.15, 0.2) is 18.2 Å². The maximum absolute atomic E-state index is 12.6. The zero-order valence-corrected chi connectivity index (χ0v) is 18.3. The molecule has 1 N–H and O–H groups in total. The Hall–Kier alpha value is -3.04. The van der Waals surface area contributed by atoms with Crippen molar-refractivity contribution in [1.29, 1.82) is 0 Å². The highest BCUT2D eigenvalue weighted by molar-refractivity contribution is 5.98. The van der Waals surface area contributed by atoms with Gasteiger partial charge in [-0.3, -0.25) is 14.9 Å². The second-order valence-electron chi connectivity index (χ2n) is 6.82. The Bertz CT molecular complexity index is 924. The van der Waals surface area contributed by atoms with Crippen molar-refractivity contribution in [3.63, 3.8) is 0 Å². The number of hydrogen-bond acceptors (Lipinski definition) is 7. The molecule has 1 aliphatic heterocycles. The minimum absolute atomic E-state index is 0. The quantitative estimate of drug-likeness (QED) is 0.336. The van der Waals surface area contributed by atoms with Gasteiger partial charge in [-0.1, -0.05) is 6.07 Å². The lowest BCUT2D eigenvalue weighted by atomic mass is 10.1. The van der Waals surface area contributed by atoms with Crippen molar-refractivity contribution in [2.24, 2.45) is 0 Å². The number of fused-ring (bicyclic) bond motifs is 1. The van der Waals surface area contributed by atoms with Gasteiger partial charge in [-0.2, -0.15) is 0 Å². The van der Waals surface area contributed by atoms with Gasteiger partial charge in [0.25, 0.3) is 11.6 Å². The molecule has 9 nitrogen and oxygen atoms in total. The highest BCUT2D eigenvalue weighted by Crippen LogP contribution is 2.29. The van der Waals surface area contributed by atoms with Crippen molar-refractivity contribution in [3.05, 3.63) is 57.6 Å². The molecule has 2 aromatic carbocycles. The summed E-state index contributed by atoms with van der Waals surface area (Å²) >= 11 is 0. The number of nitrogens with zero attached hydrogens (tertiary/aromatic N) is 2. The molecule has 0 aliphatic carbocycles. The molecule has 10 heteroatoms. The Balaban J connectivity index is 0.00000341. The van der Waals surface area contributed by atoms with Crippen molar-refractivity contribution in [2.45, 2.75) is 12.8 Å². The number of rotatable bonds is 10. The molecule has 0 saturated heterocycles. The molecular formula is C21H26ClN3O6. The lowest BCUT2D eigenvalue weighted by Gasteiger charge is -2.28. The number of carbonyl (C=O) groups excluding carboxylic acids is 1. The van der Waals surface area contributed by atoms with Gasteiger partial charge in [0, 0.05) is 18.7 Å². The molecule has 0 atom stereocenters. The molecule has 31 heavy (non-hydrogen) atoms. The molecule has 168 valence electrons. The van der Waals surface area contributed by atoms with E-state index in [0.29, 0.717) is 23.8 Å². The van der Waals surface area contributed by atoms with Crippen molar-refractivity contribution in [3.8, 4) is 17.2 Å². The van der Waals surface area contributed by atoms with Crippen LogP contribution in [0.5, 0.6) is 17.2 Å². The Kier molecular flexibility index (Phi) is 8.89. The number of amides is 1. The summed E-state index contributed by atoms with van der Waals surface area (Å²) in [5.41, 5.74) is 1.25. The summed E-state index contributed by atoms with van der Waals surface area (Å²) in [6.07, 6.45) is 1.58. The monoisotopic (exact) mass is 451 g/mol. The predicted octanol–water partition coefficient (Wildman–Crippen LogP) is 3.05. The van der Waals surface area contributed by atoms with E-state index in [-0.39, 0.29) is 36.3 Å². The maximum Gasteiger partial charge on any atom is 0.270 e. The fourth-order valence-electron chi connectivity index (χ4n) is 3.26. The summed E-state index contributed by atoms with van der Waals surface area (Å²) in [6, 6.07) is 9.93. The fourth-order valence-corrected chi connectivity index (χ4v) is 3.26. The first-order chi connectivity index (χ1) is 14.5. The molecular weight excluding hydrogens is 426 g/mol. The van der Waals surface area contributed by atoms with E-state index in [4.69, 9.17) is 14.2 Å². The van der Waals surface area contributed by atoms with Crippen LogP contribution in [-0.2, 0) is 6.42 Å². The number of benzene rings is 2. The second-order valence-corrected chi connectivity index (χ2v) is 6.82. The summed E-state index contributed by atoms with van der Waals surface area (Å²) in [5.74, 6) is 1.55. The zero-order valence-electron chi connectivity index (χ0n) is 17.5. The number of methoxy groups -OCH3 is 2. The number of nitro groups is 1. The van der Waals surface area contributed by atoms with E-state index in [9.17, 15) is 14.9 Å². The zero-order chi connectivity index (χ0) is 21.5. The molecule has 0 saturated carbocycles. The average molecular weight is 452 g/mol. The molecule has 2 aromatic rings. The standard InChI is InChI=1S/C21H25N3O6.ClH/c1-28-19-6-4-15(12-20(19)29-2)8-10-22-9-3-11-23-14-30-18-7-5-16(24(26)27)13-17(18)21(23)25;/h4-7,12-13,22H,3,8-11,14H2,1-2H3;1H. The van der Waals surface area contributed by atoms with Gasteiger partial charge in [0.2, 0.25) is 0 Å². The molecule has 1 amide bonds. The van der Waals surface area contributed by atoms with Gasteiger partial charge in [-0.25, -0.2) is 0 Å². The number of halogens is 1.